The van der Waals surface area contributed by atoms with Crippen LogP contribution in [0.15, 0.2) is 47.5 Å². The van der Waals surface area contributed by atoms with E-state index in [0.29, 0.717) is 33.8 Å². The van der Waals surface area contributed by atoms with Crippen LogP contribution in [-0.4, -0.2) is 27.3 Å². The number of fused-ring (bicyclic) bond motifs is 1. The predicted octanol–water partition coefficient (Wildman–Crippen LogP) is 4.59. The summed E-state index contributed by atoms with van der Waals surface area (Å²) in [6.45, 7) is 0. The van der Waals surface area contributed by atoms with E-state index in [0.717, 1.165) is 22.0 Å². The lowest BCUT2D eigenvalue weighted by atomic mass is 10.0. The van der Waals surface area contributed by atoms with Crippen LogP contribution in [-0.2, 0) is 6.42 Å². The number of oxazole rings is 1. The van der Waals surface area contributed by atoms with E-state index in [1.54, 1.807) is 25.7 Å². The van der Waals surface area contributed by atoms with Crippen LogP contribution in [0.2, 0.25) is 10.0 Å². The monoisotopic (exact) mass is 386 g/mol. The summed E-state index contributed by atoms with van der Waals surface area (Å²) < 4.78 is 10.7. The van der Waals surface area contributed by atoms with E-state index in [4.69, 9.17) is 32.4 Å². The molecule has 0 aliphatic carbocycles. The minimum atomic E-state index is 0.391. The van der Waals surface area contributed by atoms with Gasteiger partial charge in [0.1, 0.15) is 12.0 Å². The normalized spacial score (nSPS) is 11.0. The maximum Gasteiger partial charge on any atom is 0.247 e. The van der Waals surface area contributed by atoms with Crippen LogP contribution >= 0.6 is 23.2 Å². The lowest BCUT2D eigenvalue weighted by Crippen LogP contribution is -2.01. The van der Waals surface area contributed by atoms with E-state index >= 15 is 0 Å². The molecule has 0 bridgehead atoms. The molecular formula is C18H12Cl2N4O2. The van der Waals surface area contributed by atoms with Gasteiger partial charge in [-0.3, -0.25) is 4.98 Å². The second-order valence-corrected chi connectivity index (χ2v) is 6.32. The van der Waals surface area contributed by atoms with Crippen molar-refractivity contribution in [3.8, 4) is 17.3 Å². The van der Waals surface area contributed by atoms with Gasteiger partial charge in [0.15, 0.2) is 5.69 Å². The fraction of sp³-hybridized carbons (Fsp3) is 0.111. The fourth-order valence-corrected chi connectivity index (χ4v) is 3.22. The van der Waals surface area contributed by atoms with E-state index in [-0.39, 0.29) is 0 Å². The van der Waals surface area contributed by atoms with E-state index in [1.165, 1.54) is 6.26 Å². The number of hydrogen-bond acceptors (Lipinski definition) is 6. The zero-order chi connectivity index (χ0) is 18.1. The van der Waals surface area contributed by atoms with Gasteiger partial charge in [-0.15, -0.1) is 5.10 Å². The van der Waals surface area contributed by atoms with E-state index in [2.05, 4.69) is 20.2 Å². The summed E-state index contributed by atoms with van der Waals surface area (Å²) in [5.74, 6) is 1.09. The first-order chi connectivity index (χ1) is 12.7. The zero-order valence-corrected chi connectivity index (χ0v) is 15.1. The number of ether oxygens (including phenoxy) is 1. The lowest BCUT2D eigenvalue weighted by Gasteiger charge is -2.11. The number of nitrogens with zero attached hydrogens (tertiary/aromatic N) is 4. The van der Waals surface area contributed by atoms with Crippen LogP contribution in [0.1, 0.15) is 11.3 Å². The Morgan fingerprint density at radius 2 is 1.88 bits per heavy atom. The van der Waals surface area contributed by atoms with Gasteiger partial charge >= 0.3 is 0 Å². The summed E-state index contributed by atoms with van der Waals surface area (Å²) >= 11 is 12.5. The topological polar surface area (TPSA) is 73.9 Å². The molecule has 8 heteroatoms. The third-order valence-electron chi connectivity index (χ3n) is 3.99. The van der Waals surface area contributed by atoms with Crippen LogP contribution in [0, 0.1) is 0 Å². The molecule has 0 saturated carbocycles. The van der Waals surface area contributed by atoms with Crippen molar-refractivity contribution in [3.05, 3.63) is 64.4 Å². The second-order valence-electron chi connectivity index (χ2n) is 5.50. The van der Waals surface area contributed by atoms with Crippen LogP contribution in [0.5, 0.6) is 5.75 Å². The first kappa shape index (κ1) is 16.8. The molecule has 6 nitrogen and oxygen atoms in total. The highest BCUT2D eigenvalue weighted by atomic mass is 35.5. The molecule has 1 aromatic carbocycles. The van der Waals surface area contributed by atoms with Crippen molar-refractivity contribution in [2.75, 3.05) is 7.11 Å². The SMILES string of the molecule is COc1ccc2c(Cc3c(Cl)cncc3Cl)nnc(-c3ncco3)c2c1. The molecule has 0 saturated heterocycles. The average molecular weight is 387 g/mol. The second kappa shape index (κ2) is 6.90. The molecule has 0 N–H and O–H groups in total. The Morgan fingerprint density at radius 1 is 1.08 bits per heavy atom. The Kier molecular flexibility index (Phi) is 4.44. The first-order valence-electron chi connectivity index (χ1n) is 7.68. The molecule has 26 heavy (non-hydrogen) atoms. The maximum atomic E-state index is 6.25. The molecule has 0 unspecified atom stereocenters. The Hall–Kier alpha value is -2.70. The highest BCUT2D eigenvalue weighted by molar-refractivity contribution is 6.35. The molecule has 0 fully saturated rings. The molecule has 3 heterocycles. The highest BCUT2D eigenvalue weighted by Crippen LogP contribution is 2.32. The average Bonchev–Trinajstić information content (AvgIpc) is 3.18. The number of methoxy groups -OCH3 is 1. The zero-order valence-electron chi connectivity index (χ0n) is 13.6. The first-order valence-corrected chi connectivity index (χ1v) is 8.44. The van der Waals surface area contributed by atoms with Gasteiger partial charge in [-0.1, -0.05) is 23.2 Å². The minimum Gasteiger partial charge on any atom is -0.497 e. The molecule has 130 valence electrons. The Bertz CT molecular complexity index is 1060. The number of rotatable bonds is 4. The van der Waals surface area contributed by atoms with Crippen LogP contribution < -0.4 is 4.74 Å². The van der Waals surface area contributed by atoms with Crippen molar-refractivity contribution in [1.29, 1.82) is 0 Å². The number of halogens is 2. The number of pyridine rings is 1. The Balaban J connectivity index is 1.90. The van der Waals surface area contributed by atoms with Gasteiger partial charge in [0.2, 0.25) is 5.89 Å². The molecule has 3 aromatic heterocycles. The van der Waals surface area contributed by atoms with Gasteiger partial charge in [-0.2, -0.15) is 5.10 Å². The Labute approximate surface area is 158 Å². The van der Waals surface area contributed by atoms with E-state index in [9.17, 15) is 0 Å². The number of hydrogen-bond donors (Lipinski definition) is 0. The summed E-state index contributed by atoms with van der Waals surface area (Å²) in [5.41, 5.74) is 2.02. The summed E-state index contributed by atoms with van der Waals surface area (Å²) in [6.07, 6.45) is 6.59. The largest absolute Gasteiger partial charge is 0.497 e. The molecular weight excluding hydrogens is 375 g/mol. The fourth-order valence-electron chi connectivity index (χ4n) is 2.72. The number of benzene rings is 1. The van der Waals surface area contributed by atoms with Crippen LogP contribution in [0.3, 0.4) is 0 Å². The van der Waals surface area contributed by atoms with Gasteiger partial charge in [0.05, 0.1) is 29.0 Å². The van der Waals surface area contributed by atoms with Gasteiger partial charge in [-0.05, 0) is 23.8 Å². The third kappa shape index (κ3) is 2.98. The molecule has 0 aliphatic heterocycles. The standard InChI is InChI=1S/C18H12Cl2N4O2/c1-25-10-2-3-11-12(6-10)17(18-22-4-5-26-18)24-23-16(11)7-13-14(19)8-21-9-15(13)20/h2-6,8-9H,7H2,1H3. The highest BCUT2D eigenvalue weighted by Gasteiger charge is 2.17. The molecule has 4 rings (SSSR count). The summed E-state index contributed by atoms with van der Waals surface area (Å²) in [5, 5.41) is 11.4. The van der Waals surface area contributed by atoms with Crippen molar-refractivity contribution in [2.45, 2.75) is 6.42 Å². The van der Waals surface area contributed by atoms with Crippen molar-refractivity contribution in [1.82, 2.24) is 20.2 Å². The molecule has 0 atom stereocenters. The van der Waals surface area contributed by atoms with Crippen LogP contribution in [0.25, 0.3) is 22.4 Å². The predicted molar refractivity (Wildman–Crippen MR) is 98.7 cm³/mol. The maximum absolute atomic E-state index is 6.25. The van der Waals surface area contributed by atoms with Gasteiger partial charge in [0, 0.05) is 29.6 Å². The molecule has 0 aliphatic rings. The summed E-state index contributed by atoms with van der Waals surface area (Å²) in [6, 6.07) is 5.67. The van der Waals surface area contributed by atoms with Crippen molar-refractivity contribution in [3.63, 3.8) is 0 Å². The Morgan fingerprint density at radius 3 is 2.58 bits per heavy atom. The summed E-state index contributed by atoms with van der Waals surface area (Å²) in [7, 11) is 1.61. The van der Waals surface area contributed by atoms with Crippen LogP contribution in [0.4, 0.5) is 0 Å². The minimum absolute atomic E-state index is 0.391. The van der Waals surface area contributed by atoms with E-state index < -0.39 is 0 Å². The van der Waals surface area contributed by atoms with Crippen molar-refractivity contribution < 1.29 is 9.15 Å². The molecule has 0 radical (unpaired) electrons. The third-order valence-corrected chi connectivity index (χ3v) is 4.65. The quantitative estimate of drug-likeness (QED) is 0.510. The van der Waals surface area contributed by atoms with Crippen molar-refractivity contribution >= 4 is 34.0 Å². The number of aromatic nitrogens is 4. The molecule has 0 amide bonds. The van der Waals surface area contributed by atoms with Gasteiger partial charge in [0.25, 0.3) is 0 Å². The molecule has 0 spiro atoms. The van der Waals surface area contributed by atoms with E-state index in [1.807, 2.05) is 18.2 Å². The lowest BCUT2D eigenvalue weighted by molar-refractivity contribution is 0.415. The summed E-state index contributed by atoms with van der Waals surface area (Å²) in [4.78, 5) is 8.16. The van der Waals surface area contributed by atoms with Gasteiger partial charge < -0.3 is 9.15 Å². The smallest absolute Gasteiger partial charge is 0.247 e. The van der Waals surface area contributed by atoms with Gasteiger partial charge in [-0.25, -0.2) is 4.98 Å². The molecule has 4 aromatic rings. The van der Waals surface area contributed by atoms with Crippen molar-refractivity contribution in [2.24, 2.45) is 0 Å².